The molecule has 92 valence electrons. The molecule has 0 unspecified atom stereocenters. The van der Waals surface area contributed by atoms with Gasteiger partial charge in [-0.05, 0) is 30.2 Å². The van der Waals surface area contributed by atoms with Crippen LogP contribution in [0.4, 0.5) is 5.82 Å². The molecule has 3 heterocycles. The first kappa shape index (κ1) is 10.7. The zero-order valence-corrected chi connectivity index (χ0v) is 10.1. The first-order valence-corrected chi connectivity index (χ1v) is 5.62. The molecular weight excluding hydrogens is 232 g/mol. The number of nitrogens with two attached hydrogens (primary N) is 1. The Morgan fingerprint density at radius 1 is 1.39 bits per heavy atom. The Kier molecular flexibility index (Phi) is 2.26. The molecule has 0 saturated carbocycles. The molecule has 7 heteroatoms. The maximum absolute atomic E-state index is 5.71. The van der Waals surface area contributed by atoms with Gasteiger partial charge in [0.1, 0.15) is 5.52 Å². The van der Waals surface area contributed by atoms with Crippen molar-refractivity contribution in [2.45, 2.75) is 20.4 Å². The Morgan fingerprint density at radius 3 is 2.89 bits per heavy atom. The van der Waals surface area contributed by atoms with Gasteiger partial charge in [-0.25, -0.2) is 9.61 Å². The van der Waals surface area contributed by atoms with E-state index in [2.05, 4.69) is 24.9 Å². The molecule has 3 rings (SSSR count). The lowest BCUT2D eigenvalue weighted by Gasteiger charge is -2.03. The summed E-state index contributed by atoms with van der Waals surface area (Å²) in [6.45, 7) is 4.73. The third-order valence-electron chi connectivity index (χ3n) is 2.81. The lowest BCUT2D eigenvalue weighted by Crippen LogP contribution is -2.00. The van der Waals surface area contributed by atoms with E-state index in [1.54, 1.807) is 6.20 Å². The van der Waals surface area contributed by atoms with Gasteiger partial charge in [-0.2, -0.15) is 0 Å². The first-order chi connectivity index (χ1) is 8.70. The Hall–Kier alpha value is -2.44. The van der Waals surface area contributed by atoms with Crippen LogP contribution in [0.5, 0.6) is 0 Å². The predicted octanol–water partition coefficient (Wildman–Crippen LogP) is 1.39. The molecule has 0 aliphatic carbocycles. The summed E-state index contributed by atoms with van der Waals surface area (Å²) in [5, 5.41) is 7.38. The van der Waals surface area contributed by atoms with Crippen LogP contribution < -0.4 is 5.73 Å². The van der Waals surface area contributed by atoms with E-state index in [0.29, 0.717) is 11.5 Å². The zero-order valence-electron chi connectivity index (χ0n) is 10.1. The molecule has 0 radical (unpaired) electrons. The van der Waals surface area contributed by atoms with E-state index in [1.165, 1.54) is 0 Å². The smallest absolute Gasteiger partial charge is 0.199 e. The summed E-state index contributed by atoms with van der Waals surface area (Å²) in [5.41, 5.74) is 8.92. The van der Waals surface area contributed by atoms with E-state index in [-0.39, 0.29) is 5.82 Å². The van der Waals surface area contributed by atoms with E-state index >= 15 is 0 Å². The molecule has 0 saturated heterocycles. The number of rotatable bonds is 2. The molecule has 0 aliphatic rings. The maximum Gasteiger partial charge on any atom is 0.199 e. The number of nitrogens with zero attached hydrogens (tertiary/aromatic N) is 5. The van der Waals surface area contributed by atoms with Gasteiger partial charge in [-0.1, -0.05) is 0 Å². The highest BCUT2D eigenvalue weighted by atomic mass is 16.6. The second-order valence-corrected chi connectivity index (χ2v) is 3.99. The molecule has 7 nitrogen and oxygen atoms in total. The van der Waals surface area contributed by atoms with Crippen LogP contribution in [0.25, 0.3) is 22.6 Å². The second kappa shape index (κ2) is 3.80. The van der Waals surface area contributed by atoms with Gasteiger partial charge in [0.05, 0.1) is 11.7 Å². The highest BCUT2D eigenvalue weighted by Gasteiger charge is 2.18. The molecule has 0 spiro atoms. The van der Waals surface area contributed by atoms with E-state index in [0.717, 1.165) is 23.3 Å². The number of fused-ring (bicyclic) bond motifs is 1. The highest BCUT2D eigenvalue weighted by molar-refractivity contribution is 5.81. The van der Waals surface area contributed by atoms with Crippen LogP contribution in [0.2, 0.25) is 0 Å². The van der Waals surface area contributed by atoms with Crippen LogP contribution >= 0.6 is 0 Å². The van der Waals surface area contributed by atoms with Crippen molar-refractivity contribution in [1.82, 2.24) is 24.8 Å². The summed E-state index contributed by atoms with van der Waals surface area (Å²) >= 11 is 0. The van der Waals surface area contributed by atoms with Crippen LogP contribution in [-0.4, -0.2) is 24.8 Å². The molecule has 0 bridgehead atoms. The minimum absolute atomic E-state index is 0.240. The Bertz CT molecular complexity index is 713. The van der Waals surface area contributed by atoms with Gasteiger partial charge in [-0.15, -0.1) is 0 Å². The lowest BCUT2D eigenvalue weighted by atomic mass is 10.3. The summed E-state index contributed by atoms with van der Waals surface area (Å²) in [4.78, 5) is 8.72. The number of aryl methyl sites for hydroxylation is 2. The number of pyridine rings is 1. The Morgan fingerprint density at radius 2 is 2.22 bits per heavy atom. The third kappa shape index (κ3) is 1.44. The third-order valence-corrected chi connectivity index (χ3v) is 2.81. The van der Waals surface area contributed by atoms with Crippen molar-refractivity contribution >= 4 is 16.9 Å². The molecular formula is C11H12N6O. The Labute approximate surface area is 103 Å². The van der Waals surface area contributed by atoms with Crippen LogP contribution in [0.3, 0.4) is 0 Å². The van der Waals surface area contributed by atoms with E-state index in [4.69, 9.17) is 5.73 Å². The molecule has 18 heavy (non-hydrogen) atoms. The van der Waals surface area contributed by atoms with E-state index in [9.17, 15) is 0 Å². The number of hydrogen-bond donors (Lipinski definition) is 1. The number of hydrogen-bond acceptors (Lipinski definition) is 6. The average Bonchev–Trinajstić information content (AvgIpc) is 2.91. The van der Waals surface area contributed by atoms with Crippen LogP contribution in [-0.2, 0) is 6.54 Å². The molecule has 0 atom stereocenters. The maximum atomic E-state index is 5.71. The fourth-order valence-corrected chi connectivity index (χ4v) is 1.98. The topological polar surface area (TPSA) is 95.7 Å². The first-order valence-electron chi connectivity index (χ1n) is 5.62. The predicted molar refractivity (Wildman–Crippen MR) is 65.6 cm³/mol. The number of imidazole rings is 1. The monoisotopic (exact) mass is 244 g/mol. The molecule has 3 aromatic rings. The Balaban J connectivity index is 2.33. The largest absolute Gasteiger partial charge is 0.379 e. The minimum atomic E-state index is 0.240. The summed E-state index contributed by atoms with van der Waals surface area (Å²) in [7, 11) is 0. The second-order valence-electron chi connectivity index (χ2n) is 3.99. The van der Waals surface area contributed by atoms with Crippen molar-refractivity contribution < 1.29 is 4.63 Å². The normalized spacial score (nSPS) is 11.2. The zero-order chi connectivity index (χ0) is 12.7. The fraction of sp³-hybridized carbons (Fsp3) is 0.273. The van der Waals surface area contributed by atoms with Crippen molar-refractivity contribution in [2.75, 3.05) is 5.73 Å². The highest BCUT2D eigenvalue weighted by Crippen LogP contribution is 2.26. The average molecular weight is 244 g/mol. The number of nitrogen functional groups attached to an aromatic ring is 1. The van der Waals surface area contributed by atoms with Crippen molar-refractivity contribution in [2.24, 2.45) is 0 Å². The van der Waals surface area contributed by atoms with Crippen LogP contribution in [0.15, 0.2) is 16.9 Å². The minimum Gasteiger partial charge on any atom is -0.379 e. The van der Waals surface area contributed by atoms with Gasteiger partial charge < -0.3 is 10.3 Å². The molecule has 0 amide bonds. The quantitative estimate of drug-likeness (QED) is 0.731. The molecule has 0 aromatic carbocycles. The van der Waals surface area contributed by atoms with Gasteiger partial charge >= 0.3 is 0 Å². The summed E-state index contributed by atoms with van der Waals surface area (Å²) in [6, 6.07) is 1.99. The summed E-state index contributed by atoms with van der Waals surface area (Å²) < 4.78 is 6.64. The van der Waals surface area contributed by atoms with Crippen LogP contribution in [0, 0.1) is 6.92 Å². The fourth-order valence-electron chi connectivity index (χ4n) is 1.98. The standard InChI is InChI=1S/C11H12N6O/c1-3-17-8-4-6(2)13-5-7(8)14-11(17)9-10(12)16-18-15-9/h4-5H,3H2,1-2H3,(H2,12,16). The number of anilines is 1. The lowest BCUT2D eigenvalue weighted by molar-refractivity contribution is 0.310. The van der Waals surface area contributed by atoms with E-state index < -0.39 is 0 Å². The number of aromatic nitrogens is 5. The van der Waals surface area contributed by atoms with Gasteiger partial charge in [0.15, 0.2) is 17.3 Å². The van der Waals surface area contributed by atoms with Gasteiger partial charge in [-0.3, -0.25) is 4.98 Å². The van der Waals surface area contributed by atoms with E-state index in [1.807, 2.05) is 24.5 Å². The van der Waals surface area contributed by atoms with Crippen molar-refractivity contribution in [3.05, 3.63) is 18.0 Å². The van der Waals surface area contributed by atoms with Gasteiger partial charge in [0.25, 0.3) is 0 Å². The van der Waals surface area contributed by atoms with Crippen molar-refractivity contribution in [3.8, 4) is 11.5 Å². The molecule has 0 aliphatic heterocycles. The molecule has 3 aromatic heterocycles. The van der Waals surface area contributed by atoms with Gasteiger partial charge in [0, 0.05) is 12.2 Å². The SMILES string of the molecule is CCn1c(-c2nonc2N)nc2cnc(C)cc21. The summed E-state index contributed by atoms with van der Waals surface area (Å²) in [5.74, 6) is 0.892. The van der Waals surface area contributed by atoms with Crippen LogP contribution in [0.1, 0.15) is 12.6 Å². The van der Waals surface area contributed by atoms with Crippen molar-refractivity contribution in [1.29, 1.82) is 0 Å². The summed E-state index contributed by atoms with van der Waals surface area (Å²) in [6.07, 6.45) is 1.74. The molecule has 0 fully saturated rings. The molecule has 2 N–H and O–H groups in total. The van der Waals surface area contributed by atoms with Crippen molar-refractivity contribution in [3.63, 3.8) is 0 Å². The van der Waals surface area contributed by atoms with Gasteiger partial charge in [0.2, 0.25) is 0 Å².